The molecule has 2 N–H and O–H groups in total. The topological polar surface area (TPSA) is 85.2 Å². The Kier molecular flexibility index (Phi) is 8.96. The Hall–Kier alpha value is -2.57. The number of aliphatic carboxylic acids is 1. The Balaban J connectivity index is 1.83. The van der Waals surface area contributed by atoms with Crippen LogP contribution in [0.2, 0.25) is 0 Å². The van der Waals surface area contributed by atoms with Gasteiger partial charge in [0.2, 0.25) is 0 Å². The third-order valence-electron chi connectivity index (χ3n) is 4.25. The molecule has 0 fully saturated rings. The lowest BCUT2D eigenvalue weighted by Crippen LogP contribution is -2.29. The van der Waals surface area contributed by atoms with Crippen LogP contribution in [0.4, 0.5) is 0 Å². The third kappa shape index (κ3) is 8.13. The van der Waals surface area contributed by atoms with Crippen molar-refractivity contribution in [2.75, 3.05) is 13.2 Å². The summed E-state index contributed by atoms with van der Waals surface area (Å²) in [6.45, 7) is 5.88. The van der Waals surface area contributed by atoms with Crippen LogP contribution in [0.25, 0.3) is 0 Å². The maximum Gasteiger partial charge on any atom is 0.333 e. The van der Waals surface area contributed by atoms with Gasteiger partial charge < -0.3 is 24.4 Å². The molecule has 0 saturated heterocycles. The molecule has 2 rings (SSSR count). The number of benzene rings is 2. The summed E-state index contributed by atoms with van der Waals surface area (Å²) in [4.78, 5) is 11.4. The Morgan fingerprint density at radius 3 is 2.21 bits per heavy atom. The summed E-state index contributed by atoms with van der Waals surface area (Å²) in [7, 11) is 0. The molecule has 0 radical (unpaired) electrons. The first-order valence-corrected chi connectivity index (χ1v) is 9.87. The Bertz CT molecular complexity index is 756. The zero-order valence-electron chi connectivity index (χ0n) is 17.2. The van der Waals surface area contributed by atoms with Crippen LogP contribution in [0, 0.1) is 0 Å². The van der Waals surface area contributed by atoms with E-state index in [-0.39, 0.29) is 25.7 Å². The number of carboxylic acids is 1. The maximum absolute atomic E-state index is 11.4. The van der Waals surface area contributed by atoms with Crippen LogP contribution in [0.5, 0.6) is 11.5 Å². The molecule has 2 aromatic rings. The normalized spacial score (nSPS) is 13.1. The van der Waals surface area contributed by atoms with Crippen LogP contribution in [-0.2, 0) is 22.4 Å². The molecule has 6 nitrogen and oxygen atoms in total. The molecule has 0 heterocycles. The molecular weight excluding hydrogens is 372 g/mol. The van der Waals surface area contributed by atoms with Gasteiger partial charge in [0.05, 0.1) is 6.10 Å². The number of aliphatic hydroxyl groups excluding tert-OH is 1. The van der Waals surface area contributed by atoms with Crippen molar-refractivity contribution in [1.29, 1.82) is 0 Å². The number of carbonyl (C=O) groups is 1. The van der Waals surface area contributed by atoms with Gasteiger partial charge in [-0.25, -0.2) is 4.79 Å². The van der Waals surface area contributed by atoms with Crippen LogP contribution < -0.4 is 9.47 Å². The lowest BCUT2D eigenvalue weighted by atomic mass is 10.1. The van der Waals surface area contributed by atoms with Gasteiger partial charge in [-0.1, -0.05) is 31.2 Å². The highest BCUT2D eigenvalue weighted by atomic mass is 16.5. The standard InChI is InChI=1S/C23H30O6/c1-4-17-8-10-20(11-9-17)27-14-19(24)15-28-21-7-5-6-18(12-21)13-22(23(25)26)29-16(2)3/h5-12,16,19,22,24H,4,13-15H2,1-3H3,(H,25,26). The van der Waals surface area contributed by atoms with Gasteiger partial charge in [0.15, 0.2) is 6.10 Å². The summed E-state index contributed by atoms with van der Waals surface area (Å²) in [6, 6.07) is 14.9. The van der Waals surface area contributed by atoms with Gasteiger partial charge in [-0.05, 0) is 55.7 Å². The molecule has 2 atom stereocenters. The maximum atomic E-state index is 11.4. The monoisotopic (exact) mass is 402 g/mol. The molecule has 0 aliphatic heterocycles. The molecule has 0 aliphatic rings. The molecule has 158 valence electrons. The van der Waals surface area contributed by atoms with E-state index in [1.165, 1.54) is 5.56 Å². The second kappa shape index (κ2) is 11.4. The summed E-state index contributed by atoms with van der Waals surface area (Å²) < 4.78 is 16.7. The fraction of sp³-hybridized carbons (Fsp3) is 0.435. The van der Waals surface area contributed by atoms with E-state index in [9.17, 15) is 15.0 Å². The van der Waals surface area contributed by atoms with Crippen molar-refractivity contribution in [1.82, 2.24) is 0 Å². The fourth-order valence-corrected chi connectivity index (χ4v) is 2.75. The van der Waals surface area contributed by atoms with Crippen molar-refractivity contribution in [3.05, 3.63) is 59.7 Å². The Morgan fingerprint density at radius 2 is 1.62 bits per heavy atom. The first-order valence-electron chi connectivity index (χ1n) is 9.87. The zero-order valence-corrected chi connectivity index (χ0v) is 17.2. The lowest BCUT2D eigenvalue weighted by molar-refractivity contribution is -0.153. The van der Waals surface area contributed by atoms with Gasteiger partial charge in [0, 0.05) is 6.42 Å². The lowest BCUT2D eigenvalue weighted by Gasteiger charge is -2.17. The van der Waals surface area contributed by atoms with E-state index in [0.717, 1.165) is 12.0 Å². The SMILES string of the molecule is CCc1ccc(OCC(O)COc2cccc(CC(OC(C)C)C(=O)O)c2)cc1. The van der Waals surface area contributed by atoms with Crippen LogP contribution in [-0.4, -0.2) is 47.7 Å². The molecule has 2 unspecified atom stereocenters. The fourth-order valence-electron chi connectivity index (χ4n) is 2.75. The Morgan fingerprint density at radius 1 is 0.966 bits per heavy atom. The molecule has 2 aromatic carbocycles. The first kappa shape index (κ1) is 22.7. The highest BCUT2D eigenvalue weighted by molar-refractivity contribution is 5.72. The van der Waals surface area contributed by atoms with E-state index in [1.54, 1.807) is 32.0 Å². The van der Waals surface area contributed by atoms with Crippen molar-refractivity contribution >= 4 is 5.97 Å². The summed E-state index contributed by atoms with van der Waals surface area (Å²) in [6.07, 6.45) is -0.677. The number of rotatable bonds is 12. The van der Waals surface area contributed by atoms with Crippen LogP contribution in [0.1, 0.15) is 31.9 Å². The van der Waals surface area contributed by atoms with Crippen LogP contribution in [0.3, 0.4) is 0 Å². The Labute approximate surface area is 172 Å². The summed E-state index contributed by atoms with van der Waals surface area (Å²) in [5, 5.41) is 19.4. The van der Waals surface area contributed by atoms with E-state index in [2.05, 4.69) is 6.92 Å². The van der Waals surface area contributed by atoms with E-state index in [4.69, 9.17) is 14.2 Å². The quantitative estimate of drug-likeness (QED) is 0.565. The first-order chi connectivity index (χ1) is 13.9. The van der Waals surface area contributed by atoms with Gasteiger partial charge in [-0.3, -0.25) is 0 Å². The average Bonchev–Trinajstić information content (AvgIpc) is 2.70. The number of ether oxygens (including phenoxy) is 3. The van der Waals surface area contributed by atoms with Crippen LogP contribution >= 0.6 is 0 Å². The minimum atomic E-state index is -0.996. The average molecular weight is 402 g/mol. The number of aliphatic hydroxyl groups is 1. The molecule has 0 amide bonds. The van der Waals surface area contributed by atoms with Crippen molar-refractivity contribution in [2.24, 2.45) is 0 Å². The smallest absolute Gasteiger partial charge is 0.333 e. The second-order valence-electron chi connectivity index (χ2n) is 7.14. The number of hydrogen-bond acceptors (Lipinski definition) is 5. The van der Waals surface area contributed by atoms with Gasteiger partial charge >= 0.3 is 5.97 Å². The molecule has 0 bridgehead atoms. The molecule has 0 spiro atoms. The molecule has 0 aliphatic carbocycles. The summed E-state index contributed by atoms with van der Waals surface area (Å²) in [5.74, 6) is 0.264. The summed E-state index contributed by atoms with van der Waals surface area (Å²) in [5.41, 5.74) is 2.02. The highest BCUT2D eigenvalue weighted by Crippen LogP contribution is 2.17. The highest BCUT2D eigenvalue weighted by Gasteiger charge is 2.20. The predicted octanol–water partition coefficient (Wildman–Crippen LogP) is 3.49. The van der Waals surface area contributed by atoms with Crippen molar-refractivity contribution < 1.29 is 29.2 Å². The molecule has 6 heteroatoms. The number of carboxylic acid groups (broad SMARTS) is 1. The van der Waals surface area contributed by atoms with Gasteiger partial charge in [0.1, 0.15) is 30.8 Å². The third-order valence-corrected chi connectivity index (χ3v) is 4.25. The molecule has 0 saturated carbocycles. The molecule has 29 heavy (non-hydrogen) atoms. The van der Waals surface area contributed by atoms with Gasteiger partial charge in [-0.15, -0.1) is 0 Å². The van der Waals surface area contributed by atoms with Crippen molar-refractivity contribution in [3.8, 4) is 11.5 Å². The predicted molar refractivity (Wildman–Crippen MR) is 111 cm³/mol. The molecule has 0 aromatic heterocycles. The molecular formula is C23H30O6. The summed E-state index contributed by atoms with van der Waals surface area (Å²) >= 11 is 0. The number of aryl methyl sites for hydroxylation is 1. The van der Waals surface area contributed by atoms with E-state index in [0.29, 0.717) is 11.5 Å². The van der Waals surface area contributed by atoms with Crippen LogP contribution in [0.15, 0.2) is 48.5 Å². The van der Waals surface area contributed by atoms with E-state index in [1.807, 2.05) is 30.3 Å². The van der Waals surface area contributed by atoms with Crippen molar-refractivity contribution in [2.45, 2.75) is 51.9 Å². The van der Waals surface area contributed by atoms with Gasteiger partial charge in [0.25, 0.3) is 0 Å². The largest absolute Gasteiger partial charge is 0.491 e. The second-order valence-corrected chi connectivity index (χ2v) is 7.14. The van der Waals surface area contributed by atoms with E-state index >= 15 is 0 Å². The number of hydrogen-bond donors (Lipinski definition) is 2. The minimum Gasteiger partial charge on any atom is -0.491 e. The van der Waals surface area contributed by atoms with Crippen molar-refractivity contribution in [3.63, 3.8) is 0 Å². The van der Waals surface area contributed by atoms with E-state index < -0.39 is 18.2 Å². The minimum absolute atomic E-state index is 0.0708. The van der Waals surface area contributed by atoms with Gasteiger partial charge in [-0.2, -0.15) is 0 Å². The zero-order chi connectivity index (χ0) is 21.2.